The quantitative estimate of drug-likeness (QED) is 0.186. The Bertz CT molecular complexity index is 3820. The Morgan fingerprint density at radius 1 is 0.224 bits per heavy atom. The van der Waals surface area contributed by atoms with Crippen LogP contribution in [0.1, 0.15) is 417 Å². The van der Waals surface area contributed by atoms with Crippen LogP contribution in [0.3, 0.4) is 0 Å². The van der Waals surface area contributed by atoms with Gasteiger partial charge in [0.1, 0.15) is 5.67 Å². The summed E-state index contributed by atoms with van der Waals surface area (Å²) in [5.74, 6) is 70.1. The van der Waals surface area contributed by atoms with Crippen LogP contribution in [-0.4, -0.2) is 264 Å². The number of likely N-dealkylation sites (tertiary alicyclic amines) is 10. The highest BCUT2D eigenvalue weighted by molar-refractivity contribution is 5.16. The summed E-state index contributed by atoms with van der Waals surface area (Å²) in [7, 11) is 1.81. The molecule has 143 heavy (non-hydrogen) atoms. The summed E-state index contributed by atoms with van der Waals surface area (Å²) in [4.78, 5) is 24.5. The maximum absolute atomic E-state index is 13.5. The fourth-order valence-corrected chi connectivity index (χ4v) is 17.9. The number of halogens is 1. The first-order chi connectivity index (χ1) is 66.2. The van der Waals surface area contributed by atoms with E-state index in [4.69, 9.17) is 4.74 Å². The van der Waals surface area contributed by atoms with Crippen LogP contribution in [0.4, 0.5) is 4.39 Å². The Morgan fingerprint density at radius 3 is 0.678 bits per heavy atom. The first kappa shape index (κ1) is 134. The van der Waals surface area contributed by atoms with E-state index < -0.39 is 5.67 Å². The SMILES string of the molecule is CC(C)(C)C#CCN1CCC(C)(F)CC1.CC(C)(C)C#CCN1CCC2(CC1)CC2.CC(C)(C)C#CCN1CCCCCC1.CC1CCCN(CC#CC(C)(C)C)C1.CC1CCN(CC#CC(C)(C)C)CC1.CC1CCN(CC#CC(C)(C)C)CC1.COC1CCN(CC#CC(C)(C)C)CC1.C[C@@H]1CCCN(CC#CC(C)(C)C)C1.C[C@H]1CCCCN1CC#CC(C)(C)C.C[C@H]1CCCN(CC#CC(C)(C)C)C1. The first-order valence-electron chi connectivity index (χ1n) is 57.7. The van der Waals surface area contributed by atoms with Crippen molar-refractivity contribution in [3.8, 4) is 118 Å². The number of rotatable bonds is 11. The van der Waals surface area contributed by atoms with Crippen LogP contribution in [-0.2, 0) is 4.74 Å². The Labute approximate surface area is 891 Å². The molecule has 4 atom stereocenters. The molecule has 11 aliphatic rings. The van der Waals surface area contributed by atoms with Gasteiger partial charge < -0.3 is 4.74 Å². The van der Waals surface area contributed by atoms with E-state index in [0.29, 0.717) is 18.9 Å². The van der Waals surface area contributed by atoms with Gasteiger partial charge in [0.05, 0.1) is 71.6 Å². The largest absolute Gasteiger partial charge is 0.381 e. The van der Waals surface area contributed by atoms with E-state index in [1.54, 1.807) is 14.0 Å². The average Bonchev–Trinajstić information content (AvgIpc) is 1.64. The van der Waals surface area contributed by atoms with Crippen LogP contribution < -0.4 is 0 Å². The van der Waals surface area contributed by atoms with Crippen LogP contribution in [0.25, 0.3) is 0 Å². The fraction of sp³-hybridized carbons (Fsp3) is 0.847. The van der Waals surface area contributed by atoms with Crippen LogP contribution in [0, 0.1) is 208 Å². The zero-order chi connectivity index (χ0) is 108. The van der Waals surface area contributed by atoms with E-state index in [0.717, 1.165) is 146 Å². The summed E-state index contributed by atoms with van der Waals surface area (Å²) >= 11 is 0. The maximum Gasteiger partial charge on any atom is 0.110 e. The van der Waals surface area contributed by atoms with Crippen LogP contribution >= 0.6 is 0 Å². The van der Waals surface area contributed by atoms with Gasteiger partial charge in [-0.3, -0.25) is 49.0 Å². The molecule has 10 heterocycles. The molecule has 0 aromatic carbocycles. The molecule has 0 aromatic heterocycles. The van der Waals surface area contributed by atoms with Crippen molar-refractivity contribution in [2.75, 3.05) is 197 Å². The topological polar surface area (TPSA) is 41.6 Å². The van der Waals surface area contributed by atoms with Gasteiger partial charge in [0, 0.05) is 113 Å². The molecule has 1 aliphatic carbocycles. The van der Waals surface area contributed by atoms with E-state index in [1.165, 1.54) is 233 Å². The van der Waals surface area contributed by atoms with Gasteiger partial charge in [0.15, 0.2) is 0 Å². The number of methoxy groups -OCH3 is 1. The van der Waals surface area contributed by atoms with Crippen molar-refractivity contribution in [3.63, 3.8) is 0 Å². The second-order valence-electron chi connectivity index (χ2n) is 55.6. The molecular weight excluding hydrogens is 1750 g/mol. The number of hydrogen-bond donors (Lipinski definition) is 0. The third-order valence-electron chi connectivity index (χ3n) is 26.9. The second-order valence-corrected chi connectivity index (χ2v) is 55.6. The summed E-state index contributed by atoms with van der Waals surface area (Å²) in [6, 6.07) is 0.734. The molecule has 11 nitrogen and oxygen atoms in total. The third-order valence-corrected chi connectivity index (χ3v) is 26.9. The van der Waals surface area contributed by atoms with Crippen LogP contribution in [0.15, 0.2) is 0 Å². The Kier molecular flexibility index (Phi) is 63.9. The molecular formula is C131H229FN10O. The number of ether oxygens (including phenoxy) is 1. The van der Waals surface area contributed by atoms with Crippen molar-refractivity contribution in [3.05, 3.63) is 0 Å². The average molecular weight is 1980 g/mol. The molecule has 0 N–H and O–H groups in total. The van der Waals surface area contributed by atoms with Crippen molar-refractivity contribution in [1.29, 1.82) is 0 Å². The fourth-order valence-electron chi connectivity index (χ4n) is 17.9. The van der Waals surface area contributed by atoms with Gasteiger partial charge >= 0.3 is 0 Å². The zero-order valence-electron chi connectivity index (χ0n) is 101. The second kappa shape index (κ2) is 68.1. The summed E-state index contributed by atoms with van der Waals surface area (Å²) in [5, 5.41) is 0. The number of alkyl halides is 1. The molecule has 1 saturated carbocycles. The van der Waals surface area contributed by atoms with E-state index in [-0.39, 0.29) is 54.1 Å². The minimum atomic E-state index is -0.950. The maximum atomic E-state index is 13.5. The zero-order valence-corrected chi connectivity index (χ0v) is 101. The van der Waals surface area contributed by atoms with Crippen LogP contribution in [0.2, 0.25) is 0 Å². The lowest BCUT2D eigenvalue weighted by molar-refractivity contribution is 0.0450. The molecule has 0 bridgehead atoms. The van der Waals surface area contributed by atoms with Gasteiger partial charge in [-0.15, -0.1) is 0 Å². The highest BCUT2D eigenvalue weighted by Crippen LogP contribution is 2.53. The van der Waals surface area contributed by atoms with Crippen LogP contribution in [0.5, 0.6) is 0 Å². The smallest absolute Gasteiger partial charge is 0.110 e. The van der Waals surface area contributed by atoms with Gasteiger partial charge in [-0.25, -0.2) is 4.39 Å². The standard InChI is InChI=1S/C14H23N.C13H22FN.C13H23NO.7C13H23N/c1-13(2,3)5-4-10-15-11-8-14(6-7-14)9-12-15;1-12(2,3)6-5-9-15-10-7-13(4,14)8-11-15;1-13(2,3)8-5-9-14-10-6-12(15-4)7-11-14;2*1-12-6-10-14(11-7-12)9-5-8-13(2,3)4;3*1-12-7-5-9-14(11-12)10-6-8-13(2,3)4;1-12-8-5-6-10-14(12)11-7-9-13(2,3)4;1-13(2,3)9-8-12-14-10-6-4-5-7-11-14/h6-12H2,1-3H3;7-11H2,1-4H3;12H,6-7,9-11H2,1-4H3;2*12H,6-7,9-11H2,1-4H3;3*12H,5,7,9-11H2,1-4H3;12H,5-6,8,10-11H2,1-4H3;4-7,10-12H2,1-3H3/t;;;;;2*12-;;12-;/m.....10.0./s1. The molecule has 0 radical (unpaired) electrons. The first-order valence-corrected chi connectivity index (χ1v) is 57.7. The lowest BCUT2D eigenvalue weighted by Crippen LogP contribution is -2.40. The number of hydrogen-bond acceptors (Lipinski definition) is 11. The summed E-state index contributed by atoms with van der Waals surface area (Å²) in [6.45, 7) is 112. The molecule has 11 fully saturated rings. The van der Waals surface area contributed by atoms with Crippen molar-refractivity contribution < 1.29 is 9.13 Å². The lowest BCUT2D eigenvalue weighted by atomic mass is 9.93. The van der Waals surface area contributed by atoms with Crippen molar-refractivity contribution >= 4 is 0 Å². The van der Waals surface area contributed by atoms with E-state index in [2.05, 4.69) is 417 Å². The summed E-state index contributed by atoms with van der Waals surface area (Å²) in [5.41, 5.74) is 1.30. The summed E-state index contributed by atoms with van der Waals surface area (Å²) in [6.07, 6.45) is 33.1. The van der Waals surface area contributed by atoms with Crippen molar-refractivity contribution in [2.24, 2.45) is 89.2 Å². The van der Waals surface area contributed by atoms with Crippen molar-refractivity contribution in [1.82, 2.24) is 49.0 Å². The summed E-state index contributed by atoms with van der Waals surface area (Å²) < 4.78 is 18.8. The number of nitrogens with zero attached hydrogens (tertiary/aromatic N) is 10. The van der Waals surface area contributed by atoms with E-state index in [9.17, 15) is 4.39 Å². The minimum absolute atomic E-state index is 0.0738. The highest BCUT2D eigenvalue weighted by Gasteiger charge is 2.44. The Balaban J connectivity index is 0.000000537. The normalized spacial score (nSPS) is 22.3. The van der Waals surface area contributed by atoms with Gasteiger partial charge in [0.2, 0.25) is 0 Å². The molecule has 0 amide bonds. The molecule has 1 unspecified atom stereocenters. The van der Waals surface area contributed by atoms with E-state index >= 15 is 0 Å². The van der Waals surface area contributed by atoms with Gasteiger partial charge in [-0.1, -0.05) is 172 Å². The molecule has 10 aliphatic heterocycles. The predicted octanol–water partition coefficient (Wildman–Crippen LogP) is 27.6. The van der Waals surface area contributed by atoms with E-state index in [1.807, 2.05) is 0 Å². The molecule has 1 spiro atoms. The highest BCUT2D eigenvalue weighted by atomic mass is 19.1. The number of piperidine rings is 9. The van der Waals surface area contributed by atoms with Gasteiger partial charge in [-0.05, 0) is 476 Å². The van der Waals surface area contributed by atoms with Crippen molar-refractivity contribution in [2.45, 2.75) is 435 Å². The molecule has 0 aromatic rings. The molecule has 12 heteroatoms. The van der Waals surface area contributed by atoms with Gasteiger partial charge in [-0.2, -0.15) is 0 Å². The lowest BCUT2D eigenvalue weighted by Gasteiger charge is -2.32. The van der Waals surface area contributed by atoms with Gasteiger partial charge in [0.25, 0.3) is 0 Å². The predicted molar refractivity (Wildman–Crippen MR) is 625 cm³/mol. The Hall–Kier alpha value is -4.91. The Morgan fingerprint density at radius 2 is 0.441 bits per heavy atom. The molecule has 10 saturated heterocycles. The third kappa shape index (κ3) is 80.7. The molecule has 11 rings (SSSR count). The monoisotopic (exact) mass is 1980 g/mol. The minimum Gasteiger partial charge on any atom is -0.381 e. The molecule has 816 valence electrons.